The van der Waals surface area contributed by atoms with Gasteiger partial charge in [-0.15, -0.1) is 0 Å². The summed E-state index contributed by atoms with van der Waals surface area (Å²) in [5.74, 6) is 1.20. The summed E-state index contributed by atoms with van der Waals surface area (Å²) in [4.78, 5) is 34.4. The molecule has 1 saturated heterocycles. The summed E-state index contributed by atoms with van der Waals surface area (Å²) in [5.41, 5.74) is 1.17. The van der Waals surface area contributed by atoms with Crippen molar-refractivity contribution in [3.8, 4) is 0 Å². The molecule has 1 aliphatic heterocycles. The van der Waals surface area contributed by atoms with E-state index in [0.29, 0.717) is 17.7 Å². The van der Waals surface area contributed by atoms with Crippen molar-refractivity contribution in [2.24, 2.45) is 0 Å². The van der Waals surface area contributed by atoms with E-state index < -0.39 is 6.04 Å². The van der Waals surface area contributed by atoms with Crippen molar-refractivity contribution in [1.29, 1.82) is 0 Å². The van der Waals surface area contributed by atoms with Crippen LogP contribution < -0.4 is 15.5 Å². The Morgan fingerprint density at radius 3 is 2.47 bits per heavy atom. The number of nitrogens with one attached hydrogen (secondary N) is 2. The second-order valence-corrected chi connectivity index (χ2v) is 8.34. The van der Waals surface area contributed by atoms with Crippen molar-refractivity contribution in [2.75, 3.05) is 55.5 Å². The molecule has 30 heavy (non-hydrogen) atoms. The number of carbonyl (C=O) groups excluding carboxylic acids is 2. The van der Waals surface area contributed by atoms with E-state index in [2.05, 4.69) is 32.5 Å². The zero-order valence-corrected chi connectivity index (χ0v) is 18.3. The lowest BCUT2D eigenvalue weighted by Gasteiger charge is -2.33. The molecule has 1 atom stereocenters. The number of pyridine rings is 1. The van der Waals surface area contributed by atoms with Crippen LogP contribution in [0.5, 0.6) is 0 Å². The van der Waals surface area contributed by atoms with E-state index in [1.165, 1.54) is 0 Å². The van der Waals surface area contributed by atoms with Crippen molar-refractivity contribution in [1.82, 2.24) is 15.2 Å². The van der Waals surface area contributed by atoms with Crippen LogP contribution in [0.4, 0.5) is 11.5 Å². The highest BCUT2D eigenvalue weighted by Crippen LogP contribution is 2.16. The summed E-state index contributed by atoms with van der Waals surface area (Å²) >= 11 is 1.64. The van der Waals surface area contributed by atoms with Gasteiger partial charge < -0.3 is 20.4 Å². The van der Waals surface area contributed by atoms with Crippen LogP contribution in [0, 0.1) is 0 Å². The van der Waals surface area contributed by atoms with Crippen molar-refractivity contribution in [3.63, 3.8) is 0 Å². The molecule has 3 rings (SSSR count). The van der Waals surface area contributed by atoms with Crippen LogP contribution in [0.2, 0.25) is 0 Å². The molecule has 0 aliphatic carbocycles. The number of thioether (sulfide) groups is 1. The number of aromatic nitrogens is 1. The average Bonchev–Trinajstić information content (AvgIpc) is 2.78. The van der Waals surface area contributed by atoms with Crippen LogP contribution in [0.1, 0.15) is 16.8 Å². The third-order valence-corrected chi connectivity index (χ3v) is 5.76. The Hall–Kier alpha value is -2.58. The monoisotopic (exact) mass is 427 g/mol. The molecule has 8 heteroatoms. The molecule has 1 aromatic carbocycles. The Balaban J connectivity index is 1.61. The molecule has 1 aliphatic rings. The van der Waals surface area contributed by atoms with Crippen LogP contribution in [0.3, 0.4) is 0 Å². The summed E-state index contributed by atoms with van der Waals surface area (Å²) in [6, 6.07) is 12.1. The van der Waals surface area contributed by atoms with Gasteiger partial charge in [0, 0.05) is 31.7 Å². The first-order chi connectivity index (χ1) is 14.6. The maximum Gasteiger partial charge on any atom is 0.251 e. The Bertz CT molecular complexity index is 823. The maximum atomic E-state index is 12.8. The van der Waals surface area contributed by atoms with Gasteiger partial charge in [-0.25, -0.2) is 4.98 Å². The molecular formula is C22H29N5O2S. The molecule has 2 amide bonds. The van der Waals surface area contributed by atoms with Crippen LogP contribution in [-0.4, -0.2) is 73.0 Å². The average molecular weight is 428 g/mol. The van der Waals surface area contributed by atoms with E-state index in [1.807, 2.05) is 24.5 Å². The molecule has 1 fully saturated rings. The molecule has 0 spiro atoms. The summed E-state index contributed by atoms with van der Waals surface area (Å²) in [7, 11) is 2.12. The predicted octanol–water partition coefficient (Wildman–Crippen LogP) is 2.32. The van der Waals surface area contributed by atoms with E-state index in [4.69, 9.17) is 0 Å². The Labute approximate surface area is 182 Å². The Kier molecular flexibility index (Phi) is 8.10. The van der Waals surface area contributed by atoms with E-state index in [-0.39, 0.29) is 11.8 Å². The van der Waals surface area contributed by atoms with Crippen molar-refractivity contribution in [3.05, 3.63) is 54.2 Å². The highest BCUT2D eigenvalue weighted by atomic mass is 32.2. The molecule has 7 nitrogen and oxygen atoms in total. The molecule has 1 unspecified atom stereocenters. The fourth-order valence-electron chi connectivity index (χ4n) is 3.25. The van der Waals surface area contributed by atoms with Crippen molar-refractivity contribution in [2.45, 2.75) is 12.5 Å². The third-order valence-electron chi connectivity index (χ3n) is 5.11. The zero-order valence-electron chi connectivity index (χ0n) is 17.5. The van der Waals surface area contributed by atoms with Gasteiger partial charge in [0.05, 0.1) is 11.9 Å². The van der Waals surface area contributed by atoms with Gasteiger partial charge in [-0.2, -0.15) is 11.8 Å². The lowest BCUT2D eigenvalue weighted by Crippen LogP contribution is -2.45. The van der Waals surface area contributed by atoms with Gasteiger partial charge in [-0.1, -0.05) is 18.2 Å². The third kappa shape index (κ3) is 6.21. The number of rotatable bonds is 8. The molecule has 0 radical (unpaired) electrons. The molecule has 0 bridgehead atoms. The second kappa shape index (κ2) is 11.0. The van der Waals surface area contributed by atoms with E-state index >= 15 is 0 Å². The number of anilines is 2. The van der Waals surface area contributed by atoms with Gasteiger partial charge >= 0.3 is 0 Å². The van der Waals surface area contributed by atoms with Crippen LogP contribution in [0.25, 0.3) is 0 Å². The van der Waals surface area contributed by atoms with Gasteiger partial charge in [-0.3, -0.25) is 9.59 Å². The SMILES string of the molecule is CSCCC(NC(=O)c1ccccc1)C(=O)Nc1ccc(N2CCN(C)CC2)nc1. The summed E-state index contributed by atoms with van der Waals surface area (Å²) in [5, 5.41) is 5.75. The summed E-state index contributed by atoms with van der Waals surface area (Å²) in [6.07, 6.45) is 4.21. The Morgan fingerprint density at radius 1 is 1.10 bits per heavy atom. The summed E-state index contributed by atoms with van der Waals surface area (Å²) in [6.45, 7) is 3.91. The van der Waals surface area contributed by atoms with Crippen molar-refractivity contribution >= 4 is 35.1 Å². The molecule has 2 heterocycles. The highest BCUT2D eigenvalue weighted by molar-refractivity contribution is 7.98. The fourth-order valence-corrected chi connectivity index (χ4v) is 3.72. The van der Waals surface area contributed by atoms with Crippen LogP contribution in [-0.2, 0) is 4.79 Å². The minimum absolute atomic E-state index is 0.234. The van der Waals surface area contributed by atoms with Crippen LogP contribution in [0.15, 0.2) is 48.7 Å². The number of nitrogens with zero attached hydrogens (tertiary/aromatic N) is 3. The first-order valence-corrected chi connectivity index (χ1v) is 11.5. The standard InChI is InChI=1S/C22H29N5O2S/c1-26-11-13-27(14-12-26)20-9-8-18(16-23-20)24-22(29)19(10-15-30-2)25-21(28)17-6-4-3-5-7-17/h3-9,16,19H,10-15H2,1-2H3,(H,24,29)(H,25,28). The molecular weight excluding hydrogens is 398 g/mol. The summed E-state index contributed by atoms with van der Waals surface area (Å²) < 4.78 is 0. The lowest BCUT2D eigenvalue weighted by molar-refractivity contribution is -0.118. The zero-order chi connectivity index (χ0) is 21.3. The lowest BCUT2D eigenvalue weighted by atomic mass is 10.1. The van der Waals surface area contributed by atoms with E-state index in [1.54, 1.807) is 42.2 Å². The largest absolute Gasteiger partial charge is 0.354 e. The second-order valence-electron chi connectivity index (χ2n) is 7.36. The first kappa shape index (κ1) is 22.1. The quantitative estimate of drug-likeness (QED) is 0.673. The smallest absolute Gasteiger partial charge is 0.251 e. The number of amides is 2. The number of carbonyl (C=O) groups is 2. The molecule has 0 saturated carbocycles. The fraction of sp³-hybridized carbons (Fsp3) is 0.409. The van der Waals surface area contributed by atoms with Crippen LogP contribution >= 0.6 is 11.8 Å². The number of piperazine rings is 1. The van der Waals surface area contributed by atoms with Gasteiger partial charge in [0.1, 0.15) is 11.9 Å². The minimum atomic E-state index is -0.609. The number of likely N-dealkylation sites (N-methyl/N-ethyl adjacent to an activating group) is 1. The predicted molar refractivity (Wildman–Crippen MR) is 123 cm³/mol. The Morgan fingerprint density at radius 2 is 1.83 bits per heavy atom. The molecule has 1 aromatic heterocycles. The molecule has 2 N–H and O–H groups in total. The highest BCUT2D eigenvalue weighted by Gasteiger charge is 2.22. The maximum absolute atomic E-state index is 12.8. The topological polar surface area (TPSA) is 77.6 Å². The van der Waals surface area contributed by atoms with E-state index in [9.17, 15) is 9.59 Å². The molecule has 160 valence electrons. The van der Waals surface area contributed by atoms with Gasteiger partial charge in [-0.05, 0) is 49.7 Å². The van der Waals surface area contributed by atoms with E-state index in [0.717, 1.165) is 37.7 Å². The number of hydrogen-bond donors (Lipinski definition) is 2. The minimum Gasteiger partial charge on any atom is -0.354 e. The van der Waals surface area contributed by atoms with Gasteiger partial charge in [0.25, 0.3) is 5.91 Å². The normalized spacial score (nSPS) is 15.5. The van der Waals surface area contributed by atoms with Gasteiger partial charge in [0.2, 0.25) is 5.91 Å². The molecule has 2 aromatic rings. The van der Waals surface area contributed by atoms with Crippen molar-refractivity contribution < 1.29 is 9.59 Å². The van der Waals surface area contributed by atoms with Gasteiger partial charge in [0.15, 0.2) is 0 Å². The first-order valence-electron chi connectivity index (χ1n) is 10.1. The number of hydrogen-bond acceptors (Lipinski definition) is 6. The number of benzene rings is 1.